The SMILES string of the molecule is NCC1(C(O)C=O)CCCOC1. The summed E-state index contributed by atoms with van der Waals surface area (Å²) < 4.78 is 5.20. The highest BCUT2D eigenvalue weighted by Gasteiger charge is 2.38. The molecule has 3 N–H and O–H groups in total. The van der Waals surface area contributed by atoms with Gasteiger partial charge in [-0.2, -0.15) is 0 Å². The Balaban J connectivity index is 2.65. The van der Waals surface area contributed by atoms with Crippen LogP contribution in [0.25, 0.3) is 0 Å². The van der Waals surface area contributed by atoms with Crippen molar-refractivity contribution < 1.29 is 14.6 Å². The average molecular weight is 173 g/mol. The van der Waals surface area contributed by atoms with Crippen molar-refractivity contribution in [2.45, 2.75) is 18.9 Å². The molecule has 0 aromatic rings. The minimum absolute atomic E-state index is 0.299. The van der Waals surface area contributed by atoms with Gasteiger partial charge in [0, 0.05) is 18.6 Å². The third-order valence-electron chi connectivity index (χ3n) is 2.52. The Hall–Kier alpha value is -0.450. The molecule has 12 heavy (non-hydrogen) atoms. The van der Waals surface area contributed by atoms with E-state index in [0.717, 1.165) is 12.8 Å². The number of rotatable bonds is 3. The second-order valence-electron chi connectivity index (χ2n) is 3.30. The first-order valence-electron chi connectivity index (χ1n) is 4.16. The van der Waals surface area contributed by atoms with Crippen LogP contribution in [0.5, 0.6) is 0 Å². The molecular weight excluding hydrogens is 158 g/mol. The van der Waals surface area contributed by atoms with E-state index in [0.29, 0.717) is 26.0 Å². The van der Waals surface area contributed by atoms with E-state index in [1.807, 2.05) is 0 Å². The minimum Gasteiger partial charge on any atom is -0.385 e. The first kappa shape index (κ1) is 9.64. The topological polar surface area (TPSA) is 72.5 Å². The molecule has 0 aliphatic carbocycles. The van der Waals surface area contributed by atoms with Crippen LogP contribution in [0.2, 0.25) is 0 Å². The molecule has 4 heteroatoms. The molecule has 1 saturated heterocycles. The molecule has 1 fully saturated rings. The summed E-state index contributed by atoms with van der Waals surface area (Å²) in [7, 11) is 0. The van der Waals surface area contributed by atoms with Gasteiger partial charge in [-0.05, 0) is 12.8 Å². The van der Waals surface area contributed by atoms with Crippen molar-refractivity contribution in [3.05, 3.63) is 0 Å². The van der Waals surface area contributed by atoms with Crippen molar-refractivity contribution in [1.82, 2.24) is 0 Å². The van der Waals surface area contributed by atoms with Crippen molar-refractivity contribution in [1.29, 1.82) is 0 Å². The van der Waals surface area contributed by atoms with E-state index in [1.165, 1.54) is 0 Å². The summed E-state index contributed by atoms with van der Waals surface area (Å²) in [6.07, 6.45) is 1.19. The highest BCUT2D eigenvalue weighted by Crippen LogP contribution is 2.30. The molecule has 1 aliphatic rings. The number of aliphatic hydroxyl groups excluding tert-OH is 1. The highest BCUT2D eigenvalue weighted by molar-refractivity contribution is 5.57. The van der Waals surface area contributed by atoms with Crippen molar-refractivity contribution in [3.63, 3.8) is 0 Å². The number of ether oxygens (including phenoxy) is 1. The lowest BCUT2D eigenvalue weighted by Gasteiger charge is -2.37. The van der Waals surface area contributed by atoms with Gasteiger partial charge in [-0.15, -0.1) is 0 Å². The molecule has 0 amide bonds. The largest absolute Gasteiger partial charge is 0.385 e. The molecule has 0 aromatic carbocycles. The first-order chi connectivity index (χ1) is 5.75. The van der Waals surface area contributed by atoms with Crippen LogP contribution < -0.4 is 5.73 Å². The maximum Gasteiger partial charge on any atom is 0.149 e. The second kappa shape index (κ2) is 3.98. The standard InChI is InChI=1S/C8H15NO3/c9-5-8(7(11)4-10)2-1-3-12-6-8/h4,7,11H,1-3,5-6,9H2. The number of aldehydes is 1. The van der Waals surface area contributed by atoms with E-state index < -0.39 is 11.5 Å². The summed E-state index contributed by atoms with van der Waals surface area (Å²) in [5, 5.41) is 9.41. The van der Waals surface area contributed by atoms with E-state index in [1.54, 1.807) is 0 Å². The van der Waals surface area contributed by atoms with Crippen LogP contribution in [-0.2, 0) is 9.53 Å². The molecule has 4 nitrogen and oxygen atoms in total. The summed E-state index contributed by atoms with van der Waals surface area (Å²) in [5.41, 5.74) is 4.99. The Kier molecular flexibility index (Phi) is 3.20. The van der Waals surface area contributed by atoms with E-state index in [2.05, 4.69) is 0 Å². The number of aliphatic hydroxyl groups is 1. The lowest BCUT2D eigenvalue weighted by atomic mass is 9.78. The zero-order valence-corrected chi connectivity index (χ0v) is 7.03. The van der Waals surface area contributed by atoms with Gasteiger partial charge in [0.2, 0.25) is 0 Å². The number of carbonyl (C=O) groups is 1. The normalized spacial score (nSPS) is 32.8. The maximum absolute atomic E-state index is 10.4. The Morgan fingerprint density at radius 1 is 1.75 bits per heavy atom. The van der Waals surface area contributed by atoms with Gasteiger partial charge in [0.05, 0.1) is 6.61 Å². The molecular formula is C8H15NO3. The number of nitrogens with two attached hydrogens (primary N) is 1. The van der Waals surface area contributed by atoms with Crippen LogP contribution in [0.3, 0.4) is 0 Å². The molecule has 0 radical (unpaired) electrons. The lowest BCUT2D eigenvalue weighted by molar-refractivity contribution is -0.129. The molecule has 0 spiro atoms. The monoisotopic (exact) mass is 173 g/mol. The van der Waals surface area contributed by atoms with Crippen LogP contribution >= 0.6 is 0 Å². The van der Waals surface area contributed by atoms with Crippen molar-refractivity contribution in [2.75, 3.05) is 19.8 Å². The van der Waals surface area contributed by atoms with Gasteiger partial charge in [0.25, 0.3) is 0 Å². The summed E-state index contributed by atoms with van der Waals surface area (Å²) in [4.78, 5) is 10.4. The Morgan fingerprint density at radius 3 is 2.92 bits per heavy atom. The third-order valence-corrected chi connectivity index (χ3v) is 2.52. The van der Waals surface area contributed by atoms with Crippen LogP contribution in [0.1, 0.15) is 12.8 Å². The van der Waals surface area contributed by atoms with E-state index in [-0.39, 0.29) is 0 Å². The van der Waals surface area contributed by atoms with Crippen molar-refractivity contribution in [2.24, 2.45) is 11.1 Å². The molecule has 0 saturated carbocycles. The van der Waals surface area contributed by atoms with Gasteiger partial charge in [-0.1, -0.05) is 0 Å². The number of hydrogen-bond acceptors (Lipinski definition) is 4. The fourth-order valence-corrected chi connectivity index (χ4v) is 1.53. The van der Waals surface area contributed by atoms with Crippen molar-refractivity contribution in [3.8, 4) is 0 Å². The molecule has 0 aromatic heterocycles. The van der Waals surface area contributed by atoms with Crippen LogP contribution in [0.4, 0.5) is 0 Å². The molecule has 0 bridgehead atoms. The summed E-state index contributed by atoms with van der Waals surface area (Å²) in [5.74, 6) is 0. The Morgan fingerprint density at radius 2 is 2.50 bits per heavy atom. The molecule has 1 heterocycles. The molecule has 1 rings (SSSR count). The van der Waals surface area contributed by atoms with Crippen LogP contribution in [0, 0.1) is 5.41 Å². The lowest BCUT2D eigenvalue weighted by Crippen LogP contribution is -2.48. The predicted molar refractivity (Wildman–Crippen MR) is 43.6 cm³/mol. The number of carbonyl (C=O) groups excluding carboxylic acids is 1. The van der Waals surface area contributed by atoms with Gasteiger partial charge in [0.15, 0.2) is 0 Å². The van der Waals surface area contributed by atoms with Crippen LogP contribution in [0.15, 0.2) is 0 Å². The van der Waals surface area contributed by atoms with Gasteiger partial charge in [0.1, 0.15) is 12.4 Å². The molecule has 1 aliphatic heterocycles. The third kappa shape index (κ3) is 1.65. The molecule has 2 atom stereocenters. The van der Waals surface area contributed by atoms with Gasteiger partial charge in [-0.25, -0.2) is 0 Å². The zero-order chi connectivity index (χ0) is 9.03. The first-order valence-corrected chi connectivity index (χ1v) is 4.16. The fourth-order valence-electron chi connectivity index (χ4n) is 1.53. The Labute approximate surface area is 71.7 Å². The molecule has 2 unspecified atom stereocenters. The minimum atomic E-state index is -0.984. The predicted octanol–water partition coefficient (Wildman–Crippen LogP) is -0.698. The van der Waals surface area contributed by atoms with Crippen LogP contribution in [-0.4, -0.2) is 37.3 Å². The van der Waals surface area contributed by atoms with Crippen molar-refractivity contribution >= 4 is 6.29 Å². The van der Waals surface area contributed by atoms with Gasteiger partial charge in [-0.3, -0.25) is 0 Å². The number of hydrogen-bond donors (Lipinski definition) is 2. The summed E-state index contributed by atoms with van der Waals surface area (Å²) in [6, 6.07) is 0. The summed E-state index contributed by atoms with van der Waals surface area (Å²) in [6.45, 7) is 1.39. The zero-order valence-electron chi connectivity index (χ0n) is 7.03. The fraction of sp³-hybridized carbons (Fsp3) is 0.875. The molecule has 70 valence electrons. The van der Waals surface area contributed by atoms with E-state index in [9.17, 15) is 9.90 Å². The Bertz CT molecular complexity index is 154. The average Bonchev–Trinajstić information content (AvgIpc) is 2.17. The second-order valence-corrected chi connectivity index (χ2v) is 3.30. The maximum atomic E-state index is 10.4. The van der Waals surface area contributed by atoms with E-state index in [4.69, 9.17) is 10.5 Å². The quantitative estimate of drug-likeness (QED) is 0.554. The smallest absolute Gasteiger partial charge is 0.149 e. The van der Waals surface area contributed by atoms with Gasteiger partial charge >= 0.3 is 0 Å². The summed E-state index contributed by atoms with van der Waals surface area (Å²) >= 11 is 0. The van der Waals surface area contributed by atoms with Gasteiger partial charge < -0.3 is 20.4 Å². The van der Waals surface area contributed by atoms with E-state index >= 15 is 0 Å². The highest BCUT2D eigenvalue weighted by atomic mass is 16.5.